The summed E-state index contributed by atoms with van der Waals surface area (Å²) >= 11 is 0. The molecule has 0 saturated heterocycles. The molecule has 2 rings (SSSR count). The van der Waals surface area contributed by atoms with Crippen molar-refractivity contribution in [1.82, 2.24) is 10.3 Å². The number of fused-ring (bicyclic) bond motifs is 1. The maximum atomic E-state index is 11.9. The van der Waals surface area contributed by atoms with Gasteiger partial charge in [-0.05, 0) is 25.0 Å². The normalized spacial score (nSPS) is 13.0. The predicted molar refractivity (Wildman–Crippen MR) is 90.2 cm³/mol. The number of benzene rings is 1. The molecule has 122 valence electrons. The van der Waals surface area contributed by atoms with Crippen LogP contribution in [0.5, 0.6) is 0 Å². The van der Waals surface area contributed by atoms with E-state index in [4.69, 9.17) is 0 Å². The lowest BCUT2D eigenvalue weighted by Crippen LogP contribution is -2.42. The summed E-state index contributed by atoms with van der Waals surface area (Å²) in [5.41, 5.74) is 2.96. The molecule has 0 spiro atoms. The van der Waals surface area contributed by atoms with E-state index in [1.54, 1.807) is 6.20 Å². The highest BCUT2D eigenvalue weighted by Crippen LogP contribution is 2.19. The Balaban J connectivity index is 2.07. The zero-order valence-electron chi connectivity index (χ0n) is 13.4. The van der Waals surface area contributed by atoms with E-state index < -0.39 is 12.0 Å². The van der Waals surface area contributed by atoms with Crippen LogP contribution in [-0.4, -0.2) is 28.0 Å². The van der Waals surface area contributed by atoms with E-state index in [2.05, 4.69) is 10.3 Å². The summed E-state index contributed by atoms with van der Waals surface area (Å²) in [6.07, 6.45) is 4.97. The lowest BCUT2D eigenvalue weighted by molar-refractivity contribution is -0.141. The van der Waals surface area contributed by atoms with Gasteiger partial charge in [0.25, 0.3) is 0 Å². The van der Waals surface area contributed by atoms with E-state index in [1.807, 2.05) is 44.2 Å². The van der Waals surface area contributed by atoms with Gasteiger partial charge in [-0.25, -0.2) is 4.79 Å². The summed E-state index contributed by atoms with van der Waals surface area (Å²) in [4.78, 5) is 26.5. The minimum atomic E-state index is -1.03. The number of para-hydroxylation sites is 1. The molecule has 5 nitrogen and oxygen atoms in total. The Labute approximate surface area is 135 Å². The molecular weight excluding hydrogens is 292 g/mol. The van der Waals surface area contributed by atoms with E-state index in [-0.39, 0.29) is 18.7 Å². The molecule has 0 aliphatic carbocycles. The molecule has 23 heavy (non-hydrogen) atoms. The molecule has 3 N–H and O–H groups in total. The van der Waals surface area contributed by atoms with Crippen LogP contribution in [0.4, 0.5) is 0 Å². The second-order valence-corrected chi connectivity index (χ2v) is 5.63. The second-order valence-electron chi connectivity index (χ2n) is 5.63. The number of aromatic amines is 1. The number of carboxylic acids is 1. The quantitative estimate of drug-likeness (QED) is 0.687. The molecule has 0 bridgehead atoms. The van der Waals surface area contributed by atoms with Crippen molar-refractivity contribution in [2.45, 2.75) is 39.2 Å². The molecule has 0 saturated carbocycles. The molecule has 0 aliphatic heterocycles. The molecular formula is C18H22N2O3. The van der Waals surface area contributed by atoms with Crippen LogP contribution in [0.2, 0.25) is 0 Å². The van der Waals surface area contributed by atoms with E-state index in [1.165, 1.54) is 0 Å². The lowest BCUT2D eigenvalue weighted by atomic mass is 10.0. The fourth-order valence-electron chi connectivity index (χ4n) is 2.39. The molecule has 0 radical (unpaired) electrons. The molecule has 0 fully saturated rings. The monoisotopic (exact) mass is 314 g/mol. The van der Waals surface area contributed by atoms with Crippen LogP contribution in [0, 0.1) is 0 Å². The van der Waals surface area contributed by atoms with Gasteiger partial charge in [0.05, 0.1) is 0 Å². The average Bonchev–Trinajstić information content (AvgIpc) is 2.95. The number of aliphatic carboxylic acids is 1. The summed E-state index contributed by atoms with van der Waals surface area (Å²) < 4.78 is 0. The molecule has 5 heteroatoms. The number of allylic oxidation sites excluding steroid dienone is 1. The summed E-state index contributed by atoms with van der Waals surface area (Å²) in [7, 11) is 0. The number of hydrogen-bond donors (Lipinski definition) is 3. The van der Waals surface area contributed by atoms with Crippen molar-refractivity contribution in [3.8, 4) is 0 Å². The average molecular weight is 314 g/mol. The number of hydrogen-bond acceptors (Lipinski definition) is 2. The van der Waals surface area contributed by atoms with Crippen LogP contribution in [0.3, 0.4) is 0 Å². The third kappa shape index (κ3) is 4.45. The number of nitrogens with one attached hydrogen (secondary N) is 2. The van der Waals surface area contributed by atoms with E-state index in [9.17, 15) is 14.7 Å². The number of carbonyl (C=O) groups excluding carboxylic acids is 1. The molecule has 1 atom stereocenters. The molecule has 1 heterocycles. The molecule has 0 unspecified atom stereocenters. The zero-order valence-corrected chi connectivity index (χ0v) is 13.4. The maximum Gasteiger partial charge on any atom is 0.326 e. The zero-order chi connectivity index (χ0) is 16.8. The van der Waals surface area contributed by atoms with Crippen LogP contribution in [0.15, 0.2) is 42.1 Å². The Bertz CT molecular complexity index is 731. The fraction of sp³-hybridized carbons (Fsp3) is 0.333. The van der Waals surface area contributed by atoms with Gasteiger partial charge in [-0.15, -0.1) is 0 Å². The van der Waals surface area contributed by atoms with Crippen LogP contribution in [0.25, 0.3) is 10.9 Å². The first-order chi connectivity index (χ1) is 11.0. The lowest BCUT2D eigenvalue weighted by Gasteiger charge is -2.13. The predicted octanol–water partition coefficient (Wildman–Crippen LogP) is 3.03. The molecule has 1 amide bonds. The molecule has 1 aromatic carbocycles. The van der Waals surface area contributed by atoms with Gasteiger partial charge in [0.2, 0.25) is 5.91 Å². The third-order valence-corrected chi connectivity index (χ3v) is 3.93. The first-order valence-corrected chi connectivity index (χ1v) is 7.74. The van der Waals surface area contributed by atoms with Crippen molar-refractivity contribution in [2.24, 2.45) is 0 Å². The van der Waals surface area contributed by atoms with Gasteiger partial charge < -0.3 is 15.4 Å². The fourth-order valence-corrected chi connectivity index (χ4v) is 2.39. The van der Waals surface area contributed by atoms with Gasteiger partial charge in [0.1, 0.15) is 6.04 Å². The minimum absolute atomic E-state index is 0.206. The highest BCUT2D eigenvalue weighted by atomic mass is 16.4. The van der Waals surface area contributed by atoms with Crippen molar-refractivity contribution in [3.63, 3.8) is 0 Å². The van der Waals surface area contributed by atoms with Crippen molar-refractivity contribution >= 4 is 22.8 Å². The van der Waals surface area contributed by atoms with Gasteiger partial charge in [-0.3, -0.25) is 4.79 Å². The number of carboxylic acid groups (broad SMARTS) is 1. The highest BCUT2D eigenvalue weighted by molar-refractivity contribution is 5.87. The Morgan fingerprint density at radius 2 is 2.09 bits per heavy atom. The number of rotatable bonds is 7. The standard InChI is InChI=1S/C18H22N2O3/c1-3-12(2)8-9-17(21)20-16(18(22)23)10-13-11-19-15-7-5-4-6-14(13)15/h4-8,11,16,19H,3,9-10H2,1-2H3,(H,20,21)(H,22,23)/b12-8+/t16-/m0/s1. The summed E-state index contributed by atoms with van der Waals surface area (Å²) in [6, 6.07) is 6.77. The first kappa shape index (κ1) is 16.8. The van der Waals surface area contributed by atoms with Gasteiger partial charge in [0.15, 0.2) is 0 Å². The number of carbonyl (C=O) groups is 2. The van der Waals surface area contributed by atoms with Crippen molar-refractivity contribution < 1.29 is 14.7 Å². The van der Waals surface area contributed by atoms with Crippen LogP contribution in [0.1, 0.15) is 32.3 Å². The SMILES string of the molecule is CC/C(C)=C/CC(=O)N[C@@H](Cc1c[nH]c2ccccc12)C(=O)O. The van der Waals surface area contributed by atoms with E-state index >= 15 is 0 Å². The Hall–Kier alpha value is -2.56. The highest BCUT2D eigenvalue weighted by Gasteiger charge is 2.21. The van der Waals surface area contributed by atoms with Gasteiger partial charge >= 0.3 is 5.97 Å². The van der Waals surface area contributed by atoms with E-state index in [0.29, 0.717) is 0 Å². The van der Waals surface area contributed by atoms with Gasteiger partial charge in [-0.2, -0.15) is 0 Å². The van der Waals surface area contributed by atoms with E-state index in [0.717, 1.165) is 28.5 Å². The number of amides is 1. The minimum Gasteiger partial charge on any atom is -0.480 e. The third-order valence-electron chi connectivity index (χ3n) is 3.93. The van der Waals surface area contributed by atoms with Crippen molar-refractivity contribution in [2.75, 3.05) is 0 Å². The smallest absolute Gasteiger partial charge is 0.326 e. The second kappa shape index (κ2) is 7.63. The van der Waals surface area contributed by atoms with Crippen LogP contribution in [-0.2, 0) is 16.0 Å². The largest absolute Gasteiger partial charge is 0.480 e. The van der Waals surface area contributed by atoms with Gasteiger partial charge in [0, 0.05) is 29.9 Å². The first-order valence-electron chi connectivity index (χ1n) is 7.74. The Kier molecular flexibility index (Phi) is 5.57. The maximum absolute atomic E-state index is 11.9. The summed E-state index contributed by atoms with van der Waals surface area (Å²) in [5, 5.41) is 13.0. The topological polar surface area (TPSA) is 82.2 Å². The van der Waals surface area contributed by atoms with Crippen molar-refractivity contribution in [3.05, 3.63) is 47.7 Å². The summed E-state index contributed by atoms with van der Waals surface area (Å²) in [6.45, 7) is 3.97. The van der Waals surface area contributed by atoms with Crippen LogP contribution < -0.4 is 5.32 Å². The number of aromatic nitrogens is 1. The van der Waals surface area contributed by atoms with Crippen LogP contribution >= 0.6 is 0 Å². The van der Waals surface area contributed by atoms with Crippen molar-refractivity contribution in [1.29, 1.82) is 0 Å². The number of H-pyrrole nitrogens is 1. The summed E-state index contributed by atoms with van der Waals surface area (Å²) in [5.74, 6) is -1.30. The molecule has 2 aromatic rings. The molecule has 1 aromatic heterocycles. The molecule has 0 aliphatic rings. The Morgan fingerprint density at radius 3 is 2.78 bits per heavy atom. The Morgan fingerprint density at radius 1 is 1.35 bits per heavy atom. The van der Waals surface area contributed by atoms with Gasteiger partial charge in [-0.1, -0.05) is 36.8 Å².